The lowest BCUT2D eigenvalue weighted by Crippen LogP contribution is -1.95. The number of hydrogen-bond acceptors (Lipinski definition) is 2. The summed E-state index contributed by atoms with van der Waals surface area (Å²) in [7, 11) is 0. The van der Waals surface area contributed by atoms with Gasteiger partial charge in [0.05, 0.1) is 17.3 Å². The Kier molecular flexibility index (Phi) is 3.30. The maximum atomic E-state index is 5.94. The second-order valence-corrected chi connectivity index (χ2v) is 5.15. The predicted octanol–water partition coefficient (Wildman–Crippen LogP) is 3.64. The van der Waals surface area contributed by atoms with E-state index in [2.05, 4.69) is 26.2 Å². The van der Waals surface area contributed by atoms with Gasteiger partial charge in [0, 0.05) is 4.47 Å². The van der Waals surface area contributed by atoms with Crippen molar-refractivity contribution in [1.29, 1.82) is 0 Å². The fourth-order valence-corrected chi connectivity index (χ4v) is 1.78. The molecule has 84 valence electrons. The zero-order valence-corrected chi connectivity index (χ0v) is 11.3. The van der Waals surface area contributed by atoms with Crippen LogP contribution in [0.2, 0.25) is 0 Å². The van der Waals surface area contributed by atoms with Crippen LogP contribution in [0.5, 0.6) is 0 Å². The Labute approximate surface area is 108 Å². The second kappa shape index (κ2) is 4.55. The summed E-state index contributed by atoms with van der Waals surface area (Å²) in [5, 5.41) is 7.93. The number of aromatic nitrogens is 3. The molecule has 0 saturated heterocycles. The Bertz CT molecular complexity index is 508. The fraction of sp³-hybridized carbons (Fsp3) is 0.273. The molecular weight excluding hydrogens is 289 g/mol. The standard InChI is InChI=1S/C11H11BrClN3/c1-7-3-4-9(5-10(7)12)16-6-11(8(2)13)14-15-16/h3-6,8H,1-2H3. The van der Waals surface area contributed by atoms with Crippen molar-refractivity contribution in [2.24, 2.45) is 0 Å². The van der Waals surface area contributed by atoms with Crippen LogP contribution in [0.1, 0.15) is 23.6 Å². The molecule has 1 aromatic carbocycles. The topological polar surface area (TPSA) is 30.7 Å². The number of rotatable bonds is 2. The Morgan fingerprint density at radius 1 is 1.44 bits per heavy atom. The van der Waals surface area contributed by atoms with Crippen LogP contribution in [0.15, 0.2) is 28.9 Å². The van der Waals surface area contributed by atoms with Crippen molar-refractivity contribution in [2.45, 2.75) is 19.2 Å². The molecule has 1 atom stereocenters. The molecular formula is C11H11BrClN3. The van der Waals surface area contributed by atoms with Gasteiger partial charge in [0.15, 0.2) is 0 Å². The summed E-state index contributed by atoms with van der Waals surface area (Å²) < 4.78 is 2.78. The molecule has 0 aliphatic carbocycles. The molecule has 1 unspecified atom stereocenters. The molecule has 0 N–H and O–H groups in total. The first-order valence-electron chi connectivity index (χ1n) is 4.91. The molecule has 0 aliphatic heterocycles. The van der Waals surface area contributed by atoms with E-state index in [0.717, 1.165) is 15.9 Å². The molecule has 0 aliphatic rings. The molecule has 2 rings (SSSR count). The van der Waals surface area contributed by atoms with Crippen LogP contribution in [0, 0.1) is 6.92 Å². The largest absolute Gasteiger partial charge is 0.220 e. The minimum atomic E-state index is -0.123. The lowest BCUT2D eigenvalue weighted by molar-refractivity contribution is 0.796. The summed E-state index contributed by atoms with van der Waals surface area (Å²) in [6.07, 6.45) is 1.84. The summed E-state index contributed by atoms with van der Waals surface area (Å²) in [5.41, 5.74) is 2.93. The quantitative estimate of drug-likeness (QED) is 0.793. The summed E-state index contributed by atoms with van der Waals surface area (Å²) >= 11 is 9.43. The number of alkyl halides is 1. The molecule has 2 aromatic rings. The Morgan fingerprint density at radius 2 is 2.19 bits per heavy atom. The van der Waals surface area contributed by atoms with Crippen LogP contribution in [0.4, 0.5) is 0 Å². The highest BCUT2D eigenvalue weighted by Crippen LogP contribution is 2.21. The normalized spacial score (nSPS) is 12.8. The Balaban J connectivity index is 2.39. The molecule has 5 heteroatoms. The monoisotopic (exact) mass is 299 g/mol. The molecule has 0 radical (unpaired) electrons. The summed E-state index contributed by atoms with van der Waals surface area (Å²) in [5.74, 6) is 0. The first-order chi connectivity index (χ1) is 7.58. The third kappa shape index (κ3) is 2.28. The first kappa shape index (κ1) is 11.6. The molecule has 1 heterocycles. The van der Waals surface area contributed by atoms with Gasteiger partial charge in [0.25, 0.3) is 0 Å². The van der Waals surface area contributed by atoms with E-state index in [0.29, 0.717) is 0 Å². The maximum absolute atomic E-state index is 5.94. The second-order valence-electron chi connectivity index (χ2n) is 3.64. The maximum Gasteiger partial charge on any atom is 0.101 e. The van der Waals surface area contributed by atoms with Crippen molar-refractivity contribution in [2.75, 3.05) is 0 Å². The number of hydrogen-bond donors (Lipinski definition) is 0. The molecule has 0 amide bonds. The van der Waals surface area contributed by atoms with E-state index in [1.807, 2.05) is 38.2 Å². The first-order valence-corrected chi connectivity index (χ1v) is 6.13. The highest BCUT2D eigenvalue weighted by Gasteiger charge is 2.08. The van der Waals surface area contributed by atoms with Crippen molar-refractivity contribution in [3.8, 4) is 5.69 Å². The third-order valence-corrected chi connectivity index (χ3v) is 3.42. The molecule has 0 bridgehead atoms. The zero-order valence-electron chi connectivity index (χ0n) is 8.98. The van der Waals surface area contributed by atoms with Crippen molar-refractivity contribution in [3.05, 3.63) is 40.1 Å². The van der Waals surface area contributed by atoms with E-state index >= 15 is 0 Å². The summed E-state index contributed by atoms with van der Waals surface area (Å²) in [6, 6.07) is 6.04. The lowest BCUT2D eigenvalue weighted by atomic mass is 10.2. The van der Waals surface area contributed by atoms with Gasteiger partial charge < -0.3 is 0 Å². The van der Waals surface area contributed by atoms with Crippen molar-refractivity contribution in [3.63, 3.8) is 0 Å². The highest BCUT2D eigenvalue weighted by atomic mass is 79.9. The van der Waals surface area contributed by atoms with Crippen molar-refractivity contribution < 1.29 is 0 Å². The van der Waals surface area contributed by atoms with E-state index in [1.165, 1.54) is 5.56 Å². The van der Waals surface area contributed by atoms with Crippen LogP contribution in [0.3, 0.4) is 0 Å². The van der Waals surface area contributed by atoms with E-state index in [-0.39, 0.29) is 5.38 Å². The molecule has 1 aromatic heterocycles. The van der Waals surface area contributed by atoms with Gasteiger partial charge in [0.1, 0.15) is 5.69 Å². The average molecular weight is 301 g/mol. The minimum absolute atomic E-state index is 0.123. The highest BCUT2D eigenvalue weighted by molar-refractivity contribution is 9.10. The van der Waals surface area contributed by atoms with Crippen LogP contribution in [-0.2, 0) is 0 Å². The SMILES string of the molecule is Cc1ccc(-n2cc(C(C)Cl)nn2)cc1Br. The van der Waals surface area contributed by atoms with Crippen molar-refractivity contribution in [1.82, 2.24) is 15.0 Å². The smallest absolute Gasteiger partial charge is 0.101 e. The third-order valence-electron chi connectivity index (χ3n) is 2.34. The summed E-state index contributed by atoms with van der Waals surface area (Å²) in [6.45, 7) is 3.92. The molecule has 3 nitrogen and oxygen atoms in total. The van der Waals surface area contributed by atoms with E-state index in [4.69, 9.17) is 11.6 Å². The van der Waals surface area contributed by atoms with Gasteiger partial charge >= 0.3 is 0 Å². The average Bonchev–Trinajstić information content (AvgIpc) is 2.71. The molecule has 0 spiro atoms. The van der Waals surface area contributed by atoms with Gasteiger partial charge in [-0.25, -0.2) is 4.68 Å². The lowest BCUT2D eigenvalue weighted by Gasteiger charge is -2.02. The van der Waals surface area contributed by atoms with Gasteiger partial charge in [-0.15, -0.1) is 16.7 Å². The van der Waals surface area contributed by atoms with Gasteiger partial charge in [-0.05, 0) is 31.5 Å². The minimum Gasteiger partial charge on any atom is -0.220 e. The van der Waals surface area contributed by atoms with E-state index in [9.17, 15) is 0 Å². The molecule has 0 fully saturated rings. The van der Waals surface area contributed by atoms with Gasteiger partial charge in [0.2, 0.25) is 0 Å². The number of halogens is 2. The van der Waals surface area contributed by atoms with Gasteiger partial charge in [-0.1, -0.05) is 27.2 Å². The molecule has 16 heavy (non-hydrogen) atoms. The molecule has 0 saturated carbocycles. The Morgan fingerprint density at radius 3 is 2.75 bits per heavy atom. The van der Waals surface area contributed by atoms with Crippen LogP contribution < -0.4 is 0 Å². The number of nitrogens with zero attached hydrogens (tertiary/aromatic N) is 3. The van der Waals surface area contributed by atoms with E-state index < -0.39 is 0 Å². The van der Waals surface area contributed by atoms with Crippen LogP contribution in [-0.4, -0.2) is 15.0 Å². The van der Waals surface area contributed by atoms with Crippen LogP contribution in [0.25, 0.3) is 5.69 Å². The van der Waals surface area contributed by atoms with Crippen molar-refractivity contribution >= 4 is 27.5 Å². The predicted molar refractivity (Wildman–Crippen MR) is 68.1 cm³/mol. The van der Waals surface area contributed by atoms with Crippen LogP contribution >= 0.6 is 27.5 Å². The Hall–Kier alpha value is -0.870. The zero-order chi connectivity index (χ0) is 11.7. The number of benzene rings is 1. The summed E-state index contributed by atoms with van der Waals surface area (Å²) in [4.78, 5) is 0. The fourth-order valence-electron chi connectivity index (χ4n) is 1.31. The number of aryl methyl sites for hydroxylation is 1. The van der Waals surface area contributed by atoms with Gasteiger partial charge in [-0.2, -0.15) is 0 Å². The van der Waals surface area contributed by atoms with Gasteiger partial charge in [-0.3, -0.25) is 0 Å². The van der Waals surface area contributed by atoms with E-state index in [1.54, 1.807) is 4.68 Å².